The molecule has 0 aliphatic carbocycles. The van der Waals surface area contributed by atoms with Gasteiger partial charge in [-0.25, -0.2) is 0 Å². The van der Waals surface area contributed by atoms with Crippen LogP contribution in [-0.4, -0.2) is 24.0 Å². The van der Waals surface area contributed by atoms with Crippen molar-refractivity contribution in [2.45, 2.75) is 23.9 Å². The molecule has 0 unspecified atom stereocenters. The minimum Gasteiger partial charge on any atom is -0.395 e. The molecule has 1 atom stereocenters. The highest BCUT2D eigenvalue weighted by molar-refractivity contribution is 7.98. The summed E-state index contributed by atoms with van der Waals surface area (Å²) in [5.41, 5.74) is 2.75. The van der Waals surface area contributed by atoms with E-state index in [-0.39, 0.29) is 12.6 Å². The predicted molar refractivity (Wildman–Crippen MR) is 59.6 cm³/mol. The van der Waals surface area contributed by atoms with Crippen LogP contribution < -0.4 is 5.32 Å². The molecule has 0 amide bonds. The number of fused-ring (bicyclic) bond motifs is 1. The maximum absolute atomic E-state index is 9.05. The predicted octanol–water partition coefficient (Wildman–Crippen LogP) is 1.42. The second kappa shape index (κ2) is 4.34. The average molecular weight is 209 g/mol. The molecule has 0 fully saturated rings. The summed E-state index contributed by atoms with van der Waals surface area (Å²) in [6.45, 7) is 1.11. The van der Waals surface area contributed by atoms with Gasteiger partial charge in [-0.3, -0.25) is 0 Å². The van der Waals surface area contributed by atoms with Crippen molar-refractivity contribution in [1.82, 2.24) is 5.32 Å². The van der Waals surface area contributed by atoms with Gasteiger partial charge in [-0.1, -0.05) is 6.07 Å². The monoisotopic (exact) mass is 209 g/mol. The fourth-order valence-corrected chi connectivity index (χ4v) is 2.28. The molecule has 0 saturated carbocycles. The summed E-state index contributed by atoms with van der Waals surface area (Å²) < 4.78 is 0. The van der Waals surface area contributed by atoms with Crippen LogP contribution in [0.2, 0.25) is 0 Å². The Labute approximate surface area is 88.7 Å². The van der Waals surface area contributed by atoms with E-state index in [0.717, 1.165) is 13.0 Å². The van der Waals surface area contributed by atoms with Crippen molar-refractivity contribution in [2.75, 3.05) is 12.9 Å². The molecule has 2 rings (SSSR count). The van der Waals surface area contributed by atoms with E-state index in [1.807, 2.05) is 0 Å². The Hall–Kier alpha value is -0.510. The first-order valence-electron chi connectivity index (χ1n) is 4.83. The van der Waals surface area contributed by atoms with Gasteiger partial charge in [0.25, 0.3) is 0 Å². The lowest BCUT2D eigenvalue weighted by Crippen LogP contribution is -2.38. The molecule has 76 valence electrons. The zero-order valence-corrected chi connectivity index (χ0v) is 9.10. The lowest BCUT2D eigenvalue weighted by atomic mass is 9.96. The van der Waals surface area contributed by atoms with Crippen molar-refractivity contribution in [1.29, 1.82) is 0 Å². The molecule has 2 N–H and O–H groups in total. The van der Waals surface area contributed by atoms with Gasteiger partial charge in [0, 0.05) is 17.5 Å². The SMILES string of the molecule is CSc1ccc2c(c1)CN[C@H](CO)C2. The molecule has 0 bridgehead atoms. The largest absolute Gasteiger partial charge is 0.395 e. The smallest absolute Gasteiger partial charge is 0.0587 e. The number of benzene rings is 1. The Morgan fingerprint density at radius 3 is 3.07 bits per heavy atom. The molecule has 0 saturated heterocycles. The van der Waals surface area contributed by atoms with Gasteiger partial charge < -0.3 is 10.4 Å². The quantitative estimate of drug-likeness (QED) is 0.722. The van der Waals surface area contributed by atoms with Gasteiger partial charge in [0.1, 0.15) is 0 Å². The molecule has 1 heterocycles. The molecule has 0 radical (unpaired) electrons. The van der Waals surface area contributed by atoms with Crippen LogP contribution in [0.1, 0.15) is 11.1 Å². The Bertz CT molecular complexity index is 327. The lowest BCUT2D eigenvalue weighted by molar-refractivity contribution is 0.236. The van der Waals surface area contributed by atoms with Crippen molar-refractivity contribution in [3.05, 3.63) is 29.3 Å². The first-order chi connectivity index (χ1) is 6.83. The fourth-order valence-electron chi connectivity index (χ4n) is 1.81. The van der Waals surface area contributed by atoms with Gasteiger partial charge in [0.2, 0.25) is 0 Å². The van der Waals surface area contributed by atoms with Crippen molar-refractivity contribution in [3.8, 4) is 0 Å². The van der Waals surface area contributed by atoms with E-state index >= 15 is 0 Å². The van der Waals surface area contributed by atoms with Gasteiger partial charge in [0.05, 0.1) is 6.61 Å². The fraction of sp³-hybridized carbons (Fsp3) is 0.455. The van der Waals surface area contributed by atoms with Crippen molar-refractivity contribution >= 4 is 11.8 Å². The Kier molecular flexibility index (Phi) is 3.11. The Balaban J connectivity index is 2.23. The minimum absolute atomic E-state index is 0.226. The minimum atomic E-state index is 0.226. The van der Waals surface area contributed by atoms with E-state index in [2.05, 4.69) is 29.8 Å². The van der Waals surface area contributed by atoms with Crippen LogP contribution >= 0.6 is 11.8 Å². The summed E-state index contributed by atoms with van der Waals surface area (Å²) in [6.07, 6.45) is 3.04. The number of thioether (sulfide) groups is 1. The maximum Gasteiger partial charge on any atom is 0.0587 e. The highest BCUT2D eigenvalue weighted by atomic mass is 32.2. The summed E-state index contributed by atoms with van der Waals surface area (Å²) in [5.74, 6) is 0. The highest BCUT2D eigenvalue weighted by Crippen LogP contribution is 2.22. The number of nitrogens with one attached hydrogen (secondary N) is 1. The molecule has 0 aromatic heterocycles. The second-order valence-corrected chi connectivity index (χ2v) is 4.48. The van der Waals surface area contributed by atoms with Gasteiger partial charge in [0.15, 0.2) is 0 Å². The molecule has 3 heteroatoms. The number of aliphatic hydroxyl groups is 1. The molecular formula is C11H15NOS. The normalized spacial score (nSPS) is 20.6. The molecule has 1 aliphatic rings. The zero-order valence-electron chi connectivity index (χ0n) is 8.29. The Morgan fingerprint density at radius 2 is 2.36 bits per heavy atom. The first kappa shape index (κ1) is 10.0. The van der Waals surface area contributed by atoms with E-state index in [1.54, 1.807) is 11.8 Å². The van der Waals surface area contributed by atoms with Crippen LogP contribution in [0, 0.1) is 0 Å². The van der Waals surface area contributed by atoms with Crippen molar-refractivity contribution in [3.63, 3.8) is 0 Å². The van der Waals surface area contributed by atoms with Crippen LogP contribution in [-0.2, 0) is 13.0 Å². The maximum atomic E-state index is 9.05. The second-order valence-electron chi connectivity index (χ2n) is 3.60. The molecule has 1 aromatic carbocycles. The Morgan fingerprint density at radius 1 is 1.50 bits per heavy atom. The third kappa shape index (κ3) is 1.95. The summed E-state index contributed by atoms with van der Waals surface area (Å²) in [6, 6.07) is 6.82. The standard InChI is InChI=1S/C11H15NOS/c1-14-11-3-2-8-4-10(7-13)12-6-9(8)5-11/h2-3,5,10,12-13H,4,6-7H2,1H3/t10-/m0/s1. The van der Waals surface area contributed by atoms with Crippen LogP contribution in [0.25, 0.3) is 0 Å². The van der Waals surface area contributed by atoms with E-state index in [9.17, 15) is 0 Å². The summed E-state index contributed by atoms with van der Waals surface area (Å²) in [7, 11) is 0. The van der Waals surface area contributed by atoms with Gasteiger partial charge in [-0.05, 0) is 35.9 Å². The number of rotatable bonds is 2. The molecule has 1 aliphatic heterocycles. The van der Waals surface area contributed by atoms with E-state index < -0.39 is 0 Å². The third-order valence-electron chi connectivity index (χ3n) is 2.68. The summed E-state index contributed by atoms with van der Waals surface area (Å²) in [5, 5.41) is 12.4. The van der Waals surface area contributed by atoms with Crippen LogP contribution in [0.5, 0.6) is 0 Å². The van der Waals surface area contributed by atoms with Crippen molar-refractivity contribution < 1.29 is 5.11 Å². The summed E-state index contributed by atoms with van der Waals surface area (Å²) in [4.78, 5) is 1.31. The third-order valence-corrected chi connectivity index (χ3v) is 3.41. The van der Waals surface area contributed by atoms with Crippen molar-refractivity contribution in [2.24, 2.45) is 0 Å². The molecule has 1 aromatic rings. The van der Waals surface area contributed by atoms with E-state index in [0.29, 0.717) is 0 Å². The molecular weight excluding hydrogens is 194 g/mol. The first-order valence-corrected chi connectivity index (χ1v) is 6.06. The topological polar surface area (TPSA) is 32.3 Å². The number of hydrogen-bond donors (Lipinski definition) is 2. The zero-order chi connectivity index (χ0) is 9.97. The average Bonchev–Trinajstić information content (AvgIpc) is 2.27. The molecule has 14 heavy (non-hydrogen) atoms. The lowest BCUT2D eigenvalue weighted by Gasteiger charge is -2.24. The summed E-state index contributed by atoms with van der Waals surface area (Å²) >= 11 is 1.77. The van der Waals surface area contributed by atoms with Crippen LogP contribution in [0.3, 0.4) is 0 Å². The van der Waals surface area contributed by atoms with Crippen LogP contribution in [0.4, 0.5) is 0 Å². The molecule has 0 spiro atoms. The molecule has 2 nitrogen and oxygen atoms in total. The number of hydrogen-bond acceptors (Lipinski definition) is 3. The van der Waals surface area contributed by atoms with E-state index in [4.69, 9.17) is 5.11 Å². The highest BCUT2D eigenvalue weighted by Gasteiger charge is 2.16. The van der Waals surface area contributed by atoms with Gasteiger partial charge in [-0.2, -0.15) is 0 Å². The number of aliphatic hydroxyl groups excluding tert-OH is 1. The van der Waals surface area contributed by atoms with Crippen LogP contribution in [0.15, 0.2) is 23.1 Å². The van der Waals surface area contributed by atoms with E-state index in [1.165, 1.54) is 16.0 Å². The van der Waals surface area contributed by atoms with Gasteiger partial charge >= 0.3 is 0 Å². The van der Waals surface area contributed by atoms with Gasteiger partial charge in [-0.15, -0.1) is 11.8 Å².